The first kappa shape index (κ1) is 13.2. The van der Waals surface area contributed by atoms with E-state index in [0.717, 1.165) is 12.8 Å². The Morgan fingerprint density at radius 1 is 1.36 bits per heavy atom. The fourth-order valence-corrected chi connectivity index (χ4v) is 0.864. The number of hydrogen-bond acceptors (Lipinski definition) is 2. The number of imidazole rings is 1. The molecule has 0 aromatic carbocycles. The predicted octanol–water partition coefficient (Wildman–Crippen LogP) is 2.63. The normalized spacial score (nSPS) is 10.6. The van der Waals surface area contributed by atoms with Crippen molar-refractivity contribution < 1.29 is 4.74 Å². The highest BCUT2D eigenvalue weighted by Gasteiger charge is 2.16. The number of aromatic nitrogens is 2. The fraction of sp³-hybridized carbons (Fsp3) is 0.727. The van der Waals surface area contributed by atoms with Gasteiger partial charge in [0.25, 0.3) is 0 Å². The molecule has 0 aliphatic rings. The molecular formula is C11H22N2O. The van der Waals surface area contributed by atoms with Crippen molar-refractivity contribution in [1.29, 1.82) is 0 Å². The Hall–Kier alpha value is -0.830. The Morgan fingerprint density at radius 3 is 2.00 bits per heavy atom. The second-order valence-electron chi connectivity index (χ2n) is 3.59. The molecule has 0 fully saturated rings. The Kier molecular flexibility index (Phi) is 6.21. The van der Waals surface area contributed by atoms with Gasteiger partial charge in [0, 0.05) is 26.6 Å². The van der Waals surface area contributed by atoms with E-state index in [1.54, 1.807) is 19.6 Å². The highest BCUT2D eigenvalue weighted by Crippen LogP contribution is 2.16. The van der Waals surface area contributed by atoms with Crippen LogP contribution >= 0.6 is 0 Å². The zero-order chi connectivity index (χ0) is 11.0. The minimum absolute atomic E-state index is 0.125. The first-order valence-corrected chi connectivity index (χ1v) is 5.05. The predicted molar refractivity (Wildman–Crippen MR) is 59.2 cm³/mol. The number of ether oxygens (including phenoxy) is 1. The van der Waals surface area contributed by atoms with Gasteiger partial charge < -0.3 is 9.30 Å². The van der Waals surface area contributed by atoms with Crippen LogP contribution in [-0.2, 0) is 11.8 Å². The van der Waals surface area contributed by atoms with E-state index in [9.17, 15) is 0 Å². The van der Waals surface area contributed by atoms with Gasteiger partial charge in [-0.3, -0.25) is 0 Å². The van der Waals surface area contributed by atoms with Crippen molar-refractivity contribution in [3.8, 4) is 0 Å². The van der Waals surface area contributed by atoms with E-state index in [0.29, 0.717) is 0 Å². The second kappa shape index (κ2) is 6.60. The van der Waals surface area contributed by atoms with Crippen molar-refractivity contribution in [2.24, 2.45) is 7.05 Å². The molecule has 0 amide bonds. The van der Waals surface area contributed by atoms with Crippen LogP contribution in [0.25, 0.3) is 0 Å². The van der Waals surface area contributed by atoms with Crippen LogP contribution in [0.3, 0.4) is 0 Å². The topological polar surface area (TPSA) is 27.1 Å². The minimum Gasteiger partial charge on any atom is -0.379 e. The highest BCUT2D eigenvalue weighted by molar-refractivity contribution is 4.70. The first-order valence-electron chi connectivity index (χ1n) is 5.05. The minimum atomic E-state index is 0.125. The van der Waals surface area contributed by atoms with Crippen LogP contribution in [0.2, 0.25) is 0 Å². The van der Waals surface area contributed by atoms with Crippen LogP contribution in [0.5, 0.6) is 0 Å². The van der Waals surface area contributed by atoms with Crippen molar-refractivity contribution in [1.82, 2.24) is 9.55 Å². The molecular weight excluding hydrogens is 176 g/mol. The fourth-order valence-electron chi connectivity index (χ4n) is 0.864. The molecule has 0 aliphatic heterocycles. The van der Waals surface area contributed by atoms with E-state index < -0.39 is 0 Å². The van der Waals surface area contributed by atoms with Gasteiger partial charge in [-0.25, -0.2) is 4.98 Å². The quantitative estimate of drug-likeness (QED) is 0.746. The highest BCUT2D eigenvalue weighted by atomic mass is 16.5. The maximum absolute atomic E-state index is 5.24. The molecule has 0 atom stereocenters. The number of rotatable bonds is 3. The van der Waals surface area contributed by atoms with Crippen LogP contribution in [0.1, 0.15) is 33.6 Å². The van der Waals surface area contributed by atoms with Gasteiger partial charge >= 0.3 is 0 Å². The molecule has 0 radical (unpaired) electrons. The van der Waals surface area contributed by atoms with Crippen molar-refractivity contribution in [3.63, 3.8) is 0 Å². The number of aryl methyl sites for hydroxylation is 1. The summed E-state index contributed by atoms with van der Waals surface area (Å²) in [6.45, 7) is 6.42. The Morgan fingerprint density at radius 2 is 1.93 bits per heavy atom. The van der Waals surface area contributed by atoms with Crippen molar-refractivity contribution in [3.05, 3.63) is 18.7 Å². The summed E-state index contributed by atoms with van der Waals surface area (Å²) in [7, 11) is 3.71. The lowest BCUT2D eigenvalue weighted by atomic mass is 10.0. The third-order valence-electron chi connectivity index (χ3n) is 2.63. The first-order chi connectivity index (χ1) is 6.58. The molecule has 1 aromatic rings. The summed E-state index contributed by atoms with van der Waals surface area (Å²) in [6.07, 6.45) is 7.58. The van der Waals surface area contributed by atoms with Crippen LogP contribution < -0.4 is 0 Å². The van der Waals surface area contributed by atoms with Crippen LogP contribution in [0, 0.1) is 0 Å². The molecule has 0 spiro atoms. The summed E-state index contributed by atoms with van der Waals surface area (Å²) in [5, 5.41) is 0. The zero-order valence-corrected chi connectivity index (χ0v) is 9.95. The Balaban J connectivity index is 0.000000249. The van der Waals surface area contributed by atoms with Crippen molar-refractivity contribution in [2.75, 3.05) is 7.11 Å². The summed E-state index contributed by atoms with van der Waals surface area (Å²) < 4.78 is 7.12. The summed E-state index contributed by atoms with van der Waals surface area (Å²) >= 11 is 0. The van der Waals surface area contributed by atoms with Gasteiger partial charge in [0.2, 0.25) is 0 Å². The molecule has 0 saturated carbocycles. The van der Waals surface area contributed by atoms with Crippen LogP contribution in [0.4, 0.5) is 0 Å². The lowest BCUT2D eigenvalue weighted by Crippen LogP contribution is -2.24. The van der Waals surface area contributed by atoms with Crippen LogP contribution in [0.15, 0.2) is 18.7 Å². The van der Waals surface area contributed by atoms with Gasteiger partial charge in [0.1, 0.15) is 0 Å². The smallest absolute Gasteiger partial charge is 0.0943 e. The van der Waals surface area contributed by atoms with E-state index in [1.165, 1.54) is 0 Å². The molecule has 0 saturated heterocycles. The monoisotopic (exact) mass is 198 g/mol. The van der Waals surface area contributed by atoms with Crippen molar-refractivity contribution >= 4 is 0 Å². The average molecular weight is 198 g/mol. The summed E-state index contributed by atoms with van der Waals surface area (Å²) in [5.74, 6) is 0. The van der Waals surface area contributed by atoms with E-state index >= 15 is 0 Å². The molecule has 0 bridgehead atoms. The third kappa shape index (κ3) is 5.02. The molecule has 0 unspecified atom stereocenters. The molecule has 14 heavy (non-hydrogen) atoms. The Bertz CT molecular complexity index is 207. The van der Waals surface area contributed by atoms with Gasteiger partial charge in [-0.15, -0.1) is 0 Å². The van der Waals surface area contributed by atoms with Crippen LogP contribution in [-0.4, -0.2) is 22.3 Å². The van der Waals surface area contributed by atoms with E-state index in [2.05, 4.69) is 25.8 Å². The van der Waals surface area contributed by atoms with E-state index in [-0.39, 0.29) is 5.60 Å². The maximum atomic E-state index is 5.24. The van der Waals surface area contributed by atoms with Gasteiger partial charge in [0.05, 0.1) is 11.9 Å². The number of hydrogen-bond donors (Lipinski definition) is 0. The maximum Gasteiger partial charge on any atom is 0.0943 e. The molecule has 0 N–H and O–H groups in total. The van der Waals surface area contributed by atoms with Gasteiger partial charge in [0.15, 0.2) is 0 Å². The molecule has 0 aliphatic carbocycles. The Labute approximate surface area is 87.1 Å². The van der Waals surface area contributed by atoms with E-state index in [4.69, 9.17) is 4.74 Å². The molecule has 3 heteroatoms. The summed E-state index contributed by atoms with van der Waals surface area (Å²) in [5.41, 5.74) is 0.125. The number of nitrogens with zero attached hydrogens (tertiary/aromatic N) is 2. The number of methoxy groups -OCH3 is 1. The molecule has 3 nitrogen and oxygen atoms in total. The van der Waals surface area contributed by atoms with Gasteiger partial charge in [-0.05, 0) is 19.8 Å². The largest absolute Gasteiger partial charge is 0.379 e. The summed E-state index contributed by atoms with van der Waals surface area (Å²) in [6, 6.07) is 0. The molecule has 1 aromatic heterocycles. The molecule has 82 valence electrons. The standard InChI is InChI=1S/C7H16O.C4H6N2/c1-5-7(3,6-2)8-4;1-6-3-2-5-4-6/h5-6H2,1-4H3;2-4H,1H3. The SMILES string of the molecule is CCC(C)(CC)OC.Cn1ccnc1. The van der Waals surface area contributed by atoms with E-state index in [1.807, 2.05) is 17.8 Å². The second-order valence-corrected chi connectivity index (χ2v) is 3.59. The zero-order valence-electron chi connectivity index (χ0n) is 9.95. The van der Waals surface area contributed by atoms with Gasteiger partial charge in [-0.1, -0.05) is 13.8 Å². The van der Waals surface area contributed by atoms with Gasteiger partial charge in [-0.2, -0.15) is 0 Å². The average Bonchev–Trinajstić information content (AvgIpc) is 2.69. The lowest BCUT2D eigenvalue weighted by molar-refractivity contribution is -0.000191. The third-order valence-corrected chi connectivity index (χ3v) is 2.63. The lowest BCUT2D eigenvalue weighted by Gasteiger charge is -2.24. The molecule has 1 heterocycles. The summed E-state index contributed by atoms with van der Waals surface area (Å²) in [4.78, 5) is 3.78. The van der Waals surface area contributed by atoms with Crippen molar-refractivity contribution in [2.45, 2.75) is 39.2 Å². The molecule has 1 rings (SSSR count).